The van der Waals surface area contributed by atoms with E-state index in [2.05, 4.69) is 41.5 Å². The molecule has 0 fully saturated rings. The highest BCUT2D eigenvalue weighted by Crippen LogP contribution is 2.19. The van der Waals surface area contributed by atoms with Crippen LogP contribution in [0.3, 0.4) is 0 Å². The second kappa shape index (κ2) is 53.2. The van der Waals surface area contributed by atoms with Crippen molar-refractivity contribution in [3.63, 3.8) is 0 Å². The Bertz CT molecular complexity index is 1060. The highest BCUT2D eigenvalue weighted by Gasteiger charge is 2.19. The summed E-state index contributed by atoms with van der Waals surface area (Å²) in [6.45, 7) is 13.8. The highest BCUT2D eigenvalue weighted by atomic mass is 16.6. The molecule has 0 aromatic rings. The number of carbonyl (C=O) groups excluding carboxylic acids is 3. The van der Waals surface area contributed by atoms with Gasteiger partial charge in [-0.15, -0.1) is 0 Å². The molecule has 404 valence electrons. The molecule has 6 heteroatoms. The normalized spacial score (nSPS) is 12.9. The molecular weight excluding hydrogens is 841 g/mol. The quantitative estimate of drug-likeness (QED) is 0.0343. The highest BCUT2D eigenvalue weighted by molar-refractivity contribution is 5.71. The van der Waals surface area contributed by atoms with E-state index in [1.807, 2.05) is 0 Å². The zero-order chi connectivity index (χ0) is 49.8. The van der Waals surface area contributed by atoms with Crippen LogP contribution in [-0.2, 0) is 28.6 Å². The lowest BCUT2D eigenvalue weighted by atomic mass is 9.99. The molecule has 0 saturated carbocycles. The van der Waals surface area contributed by atoms with E-state index in [9.17, 15) is 14.4 Å². The van der Waals surface area contributed by atoms with Gasteiger partial charge in [-0.05, 0) is 37.0 Å². The summed E-state index contributed by atoms with van der Waals surface area (Å²) in [5.41, 5.74) is 0. The van der Waals surface area contributed by atoms with Crippen molar-refractivity contribution >= 4 is 17.9 Å². The van der Waals surface area contributed by atoms with Gasteiger partial charge in [0.2, 0.25) is 0 Å². The van der Waals surface area contributed by atoms with Gasteiger partial charge in [0, 0.05) is 19.3 Å². The number of rotatable bonds is 55. The Morgan fingerprint density at radius 3 is 0.765 bits per heavy atom. The van der Waals surface area contributed by atoms with E-state index >= 15 is 0 Å². The van der Waals surface area contributed by atoms with Crippen LogP contribution in [0, 0.1) is 17.8 Å². The molecule has 0 saturated heterocycles. The molecule has 68 heavy (non-hydrogen) atoms. The number of unbranched alkanes of at least 4 members (excludes halogenated alkanes) is 36. The molecule has 0 aromatic carbocycles. The first-order valence-corrected chi connectivity index (χ1v) is 30.7. The molecule has 0 aromatic heterocycles. The predicted octanol–water partition coefficient (Wildman–Crippen LogP) is 20.3. The number of hydrogen-bond donors (Lipinski definition) is 0. The summed E-state index contributed by atoms with van der Waals surface area (Å²) in [5.74, 6) is 1.75. The number of esters is 3. The SMILES string of the molecule is CCC(C)CCCCCCCCCCCCCCCCCCCCC(=O)OC[C@H](COC(=O)CCCCCCCCCCCCCCCC(C)C)OC(=O)CCCCCCCCCCC(C)CC. The Balaban J connectivity index is 4.23. The fourth-order valence-electron chi connectivity index (χ4n) is 9.47. The topological polar surface area (TPSA) is 78.9 Å². The third-order valence-corrected chi connectivity index (χ3v) is 14.9. The lowest BCUT2D eigenvalue weighted by Gasteiger charge is -2.18. The van der Waals surface area contributed by atoms with Gasteiger partial charge in [-0.2, -0.15) is 0 Å². The summed E-state index contributed by atoms with van der Waals surface area (Å²) in [7, 11) is 0. The van der Waals surface area contributed by atoms with Crippen LogP contribution >= 0.6 is 0 Å². The Morgan fingerprint density at radius 1 is 0.294 bits per heavy atom. The molecule has 0 spiro atoms. The first kappa shape index (κ1) is 66.4. The second-order valence-electron chi connectivity index (χ2n) is 22.3. The van der Waals surface area contributed by atoms with Gasteiger partial charge in [0.15, 0.2) is 6.10 Å². The molecule has 0 N–H and O–H groups in total. The van der Waals surface area contributed by atoms with E-state index in [4.69, 9.17) is 14.2 Å². The number of carbonyl (C=O) groups is 3. The molecular formula is C62H120O6. The third kappa shape index (κ3) is 52.2. The Kier molecular flexibility index (Phi) is 52.0. The summed E-state index contributed by atoms with van der Waals surface area (Å²) in [5, 5.41) is 0. The van der Waals surface area contributed by atoms with Gasteiger partial charge in [0.05, 0.1) is 0 Å². The molecule has 0 rings (SSSR count). The lowest BCUT2D eigenvalue weighted by molar-refractivity contribution is -0.167. The van der Waals surface area contributed by atoms with Gasteiger partial charge in [-0.25, -0.2) is 0 Å². The molecule has 0 aliphatic carbocycles. The van der Waals surface area contributed by atoms with Crippen LogP contribution in [0.5, 0.6) is 0 Å². The maximum atomic E-state index is 12.8. The number of ether oxygens (including phenoxy) is 3. The molecule has 6 nitrogen and oxygen atoms in total. The van der Waals surface area contributed by atoms with E-state index in [0.717, 1.165) is 75.5 Å². The monoisotopic (exact) mass is 961 g/mol. The maximum Gasteiger partial charge on any atom is 0.306 e. The van der Waals surface area contributed by atoms with E-state index < -0.39 is 6.10 Å². The van der Waals surface area contributed by atoms with E-state index in [1.54, 1.807) is 0 Å². The van der Waals surface area contributed by atoms with Crippen molar-refractivity contribution in [2.45, 2.75) is 349 Å². The van der Waals surface area contributed by atoms with Crippen molar-refractivity contribution < 1.29 is 28.6 Å². The zero-order valence-corrected chi connectivity index (χ0v) is 46.9. The summed E-state index contributed by atoms with van der Waals surface area (Å²) in [6, 6.07) is 0. The van der Waals surface area contributed by atoms with Crippen molar-refractivity contribution in [3.05, 3.63) is 0 Å². The fourth-order valence-corrected chi connectivity index (χ4v) is 9.47. The fraction of sp³-hybridized carbons (Fsp3) is 0.952. The van der Waals surface area contributed by atoms with Crippen molar-refractivity contribution in [3.8, 4) is 0 Å². The van der Waals surface area contributed by atoms with Crippen molar-refractivity contribution in [2.75, 3.05) is 13.2 Å². The van der Waals surface area contributed by atoms with Gasteiger partial charge in [-0.3, -0.25) is 14.4 Å². The molecule has 0 bridgehead atoms. The Morgan fingerprint density at radius 2 is 0.515 bits per heavy atom. The predicted molar refractivity (Wildman–Crippen MR) is 293 cm³/mol. The summed E-state index contributed by atoms with van der Waals surface area (Å²) in [6.07, 6.45) is 56.6. The van der Waals surface area contributed by atoms with Gasteiger partial charge in [0.1, 0.15) is 13.2 Å². The van der Waals surface area contributed by atoms with Crippen LogP contribution < -0.4 is 0 Å². The Labute approximate surface area is 425 Å². The van der Waals surface area contributed by atoms with Crippen LogP contribution in [0.15, 0.2) is 0 Å². The molecule has 0 radical (unpaired) electrons. The largest absolute Gasteiger partial charge is 0.462 e. The molecule has 0 amide bonds. The molecule has 0 heterocycles. The Hall–Kier alpha value is -1.59. The molecule has 3 atom stereocenters. The van der Waals surface area contributed by atoms with E-state index in [0.29, 0.717) is 19.3 Å². The summed E-state index contributed by atoms with van der Waals surface area (Å²) in [4.78, 5) is 38.2. The van der Waals surface area contributed by atoms with Crippen molar-refractivity contribution in [2.24, 2.45) is 17.8 Å². The number of hydrogen-bond acceptors (Lipinski definition) is 6. The van der Waals surface area contributed by atoms with Crippen LogP contribution in [0.4, 0.5) is 0 Å². The smallest absolute Gasteiger partial charge is 0.306 e. The minimum Gasteiger partial charge on any atom is -0.462 e. The second-order valence-corrected chi connectivity index (χ2v) is 22.3. The van der Waals surface area contributed by atoms with Gasteiger partial charge >= 0.3 is 17.9 Å². The lowest BCUT2D eigenvalue weighted by Crippen LogP contribution is -2.30. The molecule has 2 unspecified atom stereocenters. The molecule has 0 aliphatic rings. The standard InChI is InChI=1S/C62H120O6/c1-7-57(5)49-43-37-31-25-21-17-13-11-9-10-12-14-18-22-26-33-39-45-51-60(63)66-54-59(68-62(65)53-47-41-35-29-28-32-38-44-50-58(6)8-2)55-67-61(64)52-46-40-34-27-23-19-15-16-20-24-30-36-42-48-56(3)4/h56-59H,7-55H2,1-6H3/t57?,58?,59-/m1/s1. The van der Waals surface area contributed by atoms with Crippen LogP contribution in [-0.4, -0.2) is 37.2 Å². The van der Waals surface area contributed by atoms with Crippen LogP contribution in [0.2, 0.25) is 0 Å². The summed E-state index contributed by atoms with van der Waals surface area (Å²) >= 11 is 0. The van der Waals surface area contributed by atoms with Crippen molar-refractivity contribution in [1.29, 1.82) is 0 Å². The average molecular weight is 962 g/mol. The van der Waals surface area contributed by atoms with E-state index in [-0.39, 0.29) is 31.1 Å². The third-order valence-electron chi connectivity index (χ3n) is 14.9. The van der Waals surface area contributed by atoms with Crippen LogP contribution in [0.1, 0.15) is 343 Å². The van der Waals surface area contributed by atoms with Crippen LogP contribution in [0.25, 0.3) is 0 Å². The minimum absolute atomic E-state index is 0.0636. The summed E-state index contributed by atoms with van der Waals surface area (Å²) < 4.78 is 16.9. The first-order chi connectivity index (χ1) is 33.2. The van der Waals surface area contributed by atoms with Gasteiger partial charge < -0.3 is 14.2 Å². The molecule has 0 aliphatic heterocycles. The first-order valence-electron chi connectivity index (χ1n) is 30.7. The van der Waals surface area contributed by atoms with Gasteiger partial charge in [0.25, 0.3) is 0 Å². The maximum absolute atomic E-state index is 12.8. The minimum atomic E-state index is -0.764. The zero-order valence-electron chi connectivity index (χ0n) is 46.9. The van der Waals surface area contributed by atoms with Gasteiger partial charge in [-0.1, -0.05) is 305 Å². The average Bonchev–Trinajstić information content (AvgIpc) is 3.33. The van der Waals surface area contributed by atoms with Crippen molar-refractivity contribution in [1.82, 2.24) is 0 Å². The van der Waals surface area contributed by atoms with E-state index in [1.165, 1.54) is 225 Å².